The predicted octanol–water partition coefficient (Wildman–Crippen LogP) is 3.78. The molecule has 0 radical (unpaired) electrons. The van der Waals surface area contributed by atoms with Gasteiger partial charge < -0.3 is 29.0 Å². The molecule has 11 heteroatoms. The van der Waals surface area contributed by atoms with Gasteiger partial charge in [-0.2, -0.15) is 0 Å². The molecular weight excluding hydrogens is 457 g/mol. The van der Waals surface area contributed by atoms with Crippen LogP contribution in [-0.2, 0) is 25.3 Å². The number of imidazole rings is 1. The van der Waals surface area contributed by atoms with Gasteiger partial charge in [-0.05, 0) is 44.9 Å². The van der Waals surface area contributed by atoms with Crippen molar-refractivity contribution in [2.45, 2.75) is 51.7 Å². The smallest absolute Gasteiger partial charge is 0.342 e. The molecule has 34 heavy (non-hydrogen) atoms. The van der Waals surface area contributed by atoms with Crippen molar-refractivity contribution >= 4 is 24.4 Å². The highest BCUT2D eigenvalue weighted by Gasteiger charge is 2.33. The number of hydrogen-bond acceptors (Lipinski definition) is 8. The molecule has 0 saturated carbocycles. The van der Waals surface area contributed by atoms with Crippen LogP contribution in [0.5, 0.6) is 5.75 Å². The zero-order chi connectivity index (χ0) is 24.0. The molecule has 2 aromatic heterocycles. The van der Waals surface area contributed by atoms with Crippen molar-refractivity contribution < 1.29 is 23.3 Å². The van der Waals surface area contributed by atoms with E-state index in [2.05, 4.69) is 15.1 Å². The molecule has 0 spiro atoms. The number of nitrogen functional groups attached to an aromatic ring is 1. The molecule has 184 valence electrons. The Morgan fingerprint density at radius 3 is 2.65 bits per heavy atom. The lowest BCUT2D eigenvalue weighted by molar-refractivity contribution is -0.138. The molecule has 1 aromatic carbocycles. The average Bonchev–Trinajstić information content (AvgIpc) is 3.04. The Labute approximate surface area is 199 Å². The molecule has 1 saturated heterocycles. The fraction of sp³-hybridized carbons (Fsp3) is 0.478. The SMILES string of the molecule is C[C@H](Cn1cnc2c(N)ccnc21)OC[P@](=O)(N[C@@H](C)C1OCCCCO1)Oc1ccccc1. The van der Waals surface area contributed by atoms with Crippen LogP contribution in [0, 0.1) is 0 Å². The molecule has 0 unspecified atom stereocenters. The number of ether oxygens (including phenoxy) is 3. The van der Waals surface area contributed by atoms with Gasteiger partial charge in [-0.15, -0.1) is 0 Å². The van der Waals surface area contributed by atoms with Gasteiger partial charge in [0.05, 0.1) is 30.7 Å². The van der Waals surface area contributed by atoms with E-state index in [0.717, 1.165) is 12.8 Å². The molecule has 3 aromatic rings. The van der Waals surface area contributed by atoms with Crippen molar-refractivity contribution in [3.8, 4) is 5.75 Å². The highest BCUT2D eigenvalue weighted by atomic mass is 31.2. The van der Waals surface area contributed by atoms with Crippen LogP contribution in [0.15, 0.2) is 48.9 Å². The molecular formula is C23H32N5O5P. The van der Waals surface area contributed by atoms with Crippen LogP contribution in [-0.4, -0.2) is 52.5 Å². The molecule has 0 amide bonds. The number of hydrogen-bond donors (Lipinski definition) is 2. The van der Waals surface area contributed by atoms with Crippen LogP contribution < -0.4 is 15.3 Å². The number of para-hydroxylation sites is 1. The van der Waals surface area contributed by atoms with Crippen LogP contribution >= 0.6 is 7.52 Å². The van der Waals surface area contributed by atoms with Crippen molar-refractivity contribution in [1.29, 1.82) is 0 Å². The molecule has 0 aliphatic carbocycles. The molecule has 3 atom stereocenters. The van der Waals surface area contributed by atoms with E-state index in [1.54, 1.807) is 30.7 Å². The van der Waals surface area contributed by atoms with Gasteiger partial charge in [0.2, 0.25) is 0 Å². The summed E-state index contributed by atoms with van der Waals surface area (Å²) in [5.74, 6) is 0.491. The van der Waals surface area contributed by atoms with Crippen LogP contribution in [0.4, 0.5) is 5.69 Å². The Morgan fingerprint density at radius 1 is 1.18 bits per heavy atom. The Bertz CT molecular complexity index is 1100. The Hall–Kier alpha value is -2.49. The largest absolute Gasteiger partial charge is 0.431 e. The number of aromatic nitrogens is 3. The van der Waals surface area contributed by atoms with Crippen LogP contribution in [0.1, 0.15) is 26.7 Å². The lowest BCUT2D eigenvalue weighted by atomic mass is 10.3. The summed E-state index contributed by atoms with van der Waals surface area (Å²) in [5.41, 5.74) is 7.87. The van der Waals surface area contributed by atoms with E-state index >= 15 is 0 Å². The molecule has 3 heterocycles. The molecule has 1 aliphatic heterocycles. The summed E-state index contributed by atoms with van der Waals surface area (Å²) in [5, 5.41) is 3.10. The van der Waals surface area contributed by atoms with Crippen molar-refractivity contribution in [1.82, 2.24) is 19.6 Å². The molecule has 0 bridgehead atoms. The van der Waals surface area contributed by atoms with E-state index in [1.165, 1.54) is 0 Å². The monoisotopic (exact) mass is 489 g/mol. The van der Waals surface area contributed by atoms with Gasteiger partial charge in [-0.1, -0.05) is 18.2 Å². The summed E-state index contributed by atoms with van der Waals surface area (Å²) in [7, 11) is -3.47. The van der Waals surface area contributed by atoms with E-state index in [-0.39, 0.29) is 18.5 Å². The quantitative estimate of drug-likeness (QED) is 0.410. The number of nitrogens with two attached hydrogens (primary N) is 1. The van der Waals surface area contributed by atoms with Crippen molar-refractivity contribution in [3.05, 3.63) is 48.9 Å². The summed E-state index contributed by atoms with van der Waals surface area (Å²) in [4.78, 5) is 8.70. The van der Waals surface area contributed by atoms with E-state index < -0.39 is 13.8 Å². The van der Waals surface area contributed by atoms with Crippen LogP contribution in [0.25, 0.3) is 11.2 Å². The first kappa shape index (κ1) is 24.6. The second-order valence-electron chi connectivity index (χ2n) is 8.39. The van der Waals surface area contributed by atoms with E-state index in [9.17, 15) is 4.57 Å². The summed E-state index contributed by atoms with van der Waals surface area (Å²) in [6.45, 7) is 5.43. The fourth-order valence-electron chi connectivity index (χ4n) is 3.72. The van der Waals surface area contributed by atoms with Gasteiger partial charge in [-0.3, -0.25) is 4.57 Å². The first-order valence-electron chi connectivity index (χ1n) is 11.5. The third-order valence-electron chi connectivity index (χ3n) is 5.42. The van der Waals surface area contributed by atoms with Crippen molar-refractivity contribution in [2.75, 3.05) is 25.3 Å². The number of rotatable bonds is 10. The van der Waals surface area contributed by atoms with Crippen LogP contribution in [0.3, 0.4) is 0 Å². The van der Waals surface area contributed by atoms with Gasteiger partial charge in [0.25, 0.3) is 0 Å². The maximum absolute atomic E-state index is 13.9. The van der Waals surface area contributed by atoms with Gasteiger partial charge in [-0.25, -0.2) is 15.1 Å². The second kappa shape index (κ2) is 11.3. The lowest BCUT2D eigenvalue weighted by Gasteiger charge is -2.29. The third-order valence-corrected chi connectivity index (χ3v) is 7.22. The van der Waals surface area contributed by atoms with Gasteiger partial charge in [0, 0.05) is 19.4 Å². The van der Waals surface area contributed by atoms with E-state index in [1.807, 2.05) is 36.6 Å². The lowest BCUT2D eigenvalue weighted by Crippen LogP contribution is -2.40. The maximum atomic E-state index is 13.9. The van der Waals surface area contributed by atoms with Gasteiger partial charge in [0.15, 0.2) is 11.9 Å². The summed E-state index contributed by atoms with van der Waals surface area (Å²) >= 11 is 0. The van der Waals surface area contributed by atoms with Crippen molar-refractivity contribution in [3.63, 3.8) is 0 Å². The molecule has 4 rings (SSSR count). The Morgan fingerprint density at radius 2 is 1.91 bits per heavy atom. The summed E-state index contributed by atoms with van der Waals surface area (Å²) in [6, 6.07) is 10.4. The number of fused-ring (bicyclic) bond motifs is 1. The number of benzene rings is 1. The predicted molar refractivity (Wildman–Crippen MR) is 130 cm³/mol. The second-order valence-corrected chi connectivity index (χ2v) is 10.4. The van der Waals surface area contributed by atoms with Crippen molar-refractivity contribution in [2.24, 2.45) is 0 Å². The first-order chi connectivity index (χ1) is 16.4. The standard InChI is InChI=1S/C23H32N5O5P/c1-17(14-28-15-26-21-20(24)10-11-25-22(21)28)32-16-34(29,33-19-8-4-3-5-9-19)27-18(2)23-30-12-6-7-13-31-23/h3-5,8-11,15,17-18,23H,6-7,12-14,16H2,1-2H3,(H2,24,25)(H,27,29)/t17-,18+,34-/m1/s1. The minimum Gasteiger partial charge on any atom is -0.431 e. The highest BCUT2D eigenvalue weighted by molar-refractivity contribution is 7.57. The first-order valence-corrected chi connectivity index (χ1v) is 13.3. The van der Waals surface area contributed by atoms with Gasteiger partial charge >= 0.3 is 7.52 Å². The van der Waals surface area contributed by atoms with E-state index in [0.29, 0.717) is 42.4 Å². The van der Waals surface area contributed by atoms with Crippen LogP contribution in [0.2, 0.25) is 0 Å². The zero-order valence-electron chi connectivity index (χ0n) is 19.5. The zero-order valence-corrected chi connectivity index (χ0v) is 20.4. The number of pyridine rings is 1. The maximum Gasteiger partial charge on any atom is 0.342 e. The number of anilines is 1. The Kier molecular flexibility index (Phi) is 8.18. The molecule has 1 aliphatic rings. The molecule has 3 N–H and O–H groups in total. The highest BCUT2D eigenvalue weighted by Crippen LogP contribution is 2.44. The average molecular weight is 490 g/mol. The van der Waals surface area contributed by atoms with Gasteiger partial charge in [0.1, 0.15) is 17.6 Å². The molecule has 10 nitrogen and oxygen atoms in total. The normalized spacial score (nSPS) is 18.8. The minimum absolute atomic E-state index is 0.137. The third kappa shape index (κ3) is 6.34. The summed E-state index contributed by atoms with van der Waals surface area (Å²) < 4.78 is 39.2. The summed E-state index contributed by atoms with van der Waals surface area (Å²) in [6.07, 6.45) is 4.25. The molecule has 1 fully saturated rings. The number of nitrogens with one attached hydrogen (secondary N) is 1. The number of nitrogens with zero attached hydrogens (tertiary/aromatic N) is 3. The minimum atomic E-state index is -3.47. The van der Waals surface area contributed by atoms with E-state index in [4.69, 9.17) is 24.5 Å². The topological polar surface area (TPSA) is 123 Å². The Balaban J connectivity index is 1.43. The fourth-order valence-corrected chi connectivity index (χ4v) is 5.56.